The van der Waals surface area contributed by atoms with Crippen LogP contribution in [-0.2, 0) is 4.74 Å². The van der Waals surface area contributed by atoms with Gasteiger partial charge in [0.15, 0.2) is 5.90 Å². The maximum Gasteiger partial charge on any atom is 0.193 e. The summed E-state index contributed by atoms with van der Waals surface area (Å²) < 4.78 is 18.4. The van der Waals surface area contributed by atoms with Gasteiger partial charge in [0.1, 0.15) is 24.0 Å². The van der Waals surface area contributed by atoms with Gasteiger partial charge >= 0.3 is 0 Å². The number of nitrogens with zero attached hydrogens (tertiary/aromatic N) is 1. The first-order chi connectivity index (χ1) is 12.4. The molecule has 4 nitrogen and oxygen atoms in total. The summed E-state index contributed by atoms with van der Waals surface area (Å²) in [5.74, 6) is 2.69. The average Bonchev–Trinajstić information content (AvgIpc) is 3.18. The summed E-state index contributed by atoms with van der Waals surface area (Å²) in [6.45, 7) is 18.6. The molecule has 0 aromatic heterocycles. The molecule has 1 aromatic carbocycles. The van der Waals surface area contributed by atoms with Gasteiger partial charge in [-0.2, -0.15) is 0 Å². The second kappa shape index (κ2) is 6.65. The second-order valence-corrected chi connectivity index (χ2v) is 13.2. The van der Waals surface area contributed by atoms with Gasteiger partial charge in [0.05, 0.1) is 23.9 Å². The van der Waals surface area contributed by atoms with Gasteiger partial charge in [-0.05, 0) is 44.5 Å². The van der Waals surface area contributed by atoms with E-state index in [1.807, 2.05) is 12.1 Å². The Morgan fingerprint density at radius 2 is 1.74 bits per heavy atom. The molecule has 0 radical (unpaired) electrons. The molecule has 150 valence electrons. The Labute approximate surface area is 165 Å². The van der Waals surface area contributed by atoms with Gasteiger partial charge < -0.3 is 14.2 Å². The molecule has 0 bridgehead atoms. The Hall–Kier alpha value is -1.28. The van der Waals surface area contributed by atoms with Crippen molar-refractivity contribution in [2.24, 2.45) is 15.8 Å². The highest BCUT2D eigenvalue weighted by atomic mass is 31.1. The molecule has 2 aliphatic heterocycles. The van der Waals surface area contributed by atoms with Crippen molar-refractivity contribution in [2.45, 2.75) is 72.4 Å². The predicted octanol–water partition coefficient (Wildman–Crippen LogP) is 5.19. The van der Waals surface area contributed by atoms with Crippen LogP contribution in [0.3, 0.4) is 0 Å². The molecule has 1 unspecified atom stereocenters. The number of hydrogen-bond acceptors (Lipinski definition) is 4. The minimum absolute atomic E-state index is 0.00346. The van der Waals surface area contributed by atoms with Crippen LogP contribution in [0.1, 0.15) is 55.4 Å². The smallest absolute Gasteiger partial charge is 0.193 e. The van der Waals surface area contributed by atoms with Crippen molar-refractivity contribution in [1.82, 2.24) is 0 Å². The van der Waals surface area contributed by atoms with E-state index < -0.39 is 7.92 Å². The summed E-state index contributed by atoms with van der Waals surface area (Å²) in [5, 5.41) is 1.30. The number of aliphatic imine (C=N–C) groups is 1. The monoisotopic (exact) mass is 391 g/mol. The molecule has 2 aliphatic rings. The van der Waals surface area contributed by atoms with Crippen LogP contribution in [0.2, 0.25) is 0 Å². The summed E-state index contributed by atoms with van der Waals surface area (Å²) in [4.78, 5) is 4.99. The molecular weight excluding hydrogens is 357 g/mol. The maximum atomic E-state index is 6.57. The van der Waals surface area contributed by atoms with E-state index in [2.05, 4.69) is 61.5 Å². The van der Waals surface area contributed by atoms with E-state index in [0.717, 1.165) is 17.4 Å². The van der Waals surface area contributed by atoms with Crippen molar-refractivity contribution in [3.63, 3.8) is 0 Å². The lowest BCUT2D eigenvalue weighted by Crippen LogP contribution is -2.41. The molecule has 27 heavy (non-hydrogen) atoms. The van der Waals surface area contributed by atoms with Gasteiger partial charge in [-0.3, -0.25) is 0 Å². The molecule has 1 aromatic rings. The summed E-state index contributed by atoms with van der Waals surface area (Å²) in [7, 11) is 1.09. The van der Waals surface area contributed by atoms with E-state index in [0.29, 0.717) is 6.61 Å². The minimum atomic E-state index is -0.647. The van der Waals surface area contributed by atoms with Crippen LogP contribution >= 0.6 is 7.92 Å². The van der Waals surface area contributed by atoms with E-state index in [1.165, 1.54) is 5.30 Å². The van der Waals surface area contributed by atoms with Crippen LogP contribution in [0.4, 0.5) is 0 Å². The fourth-order valence-electron chi connectivity index (χ4n) is 3.72. The molecule has 5 heteroatoms. The standard InChI is InChI=1S/C22H34NO3P/c1-20(2,3)16-13-25-18(23-16)22(7,8)19-26-15-12-10-11-14(24-9)17(15)27(19)21(4,5)6/h10-12,16,19H,13H2,1-9H3/t16-,19?,27-/m1/s1. The van der Waals surface area contributed by atoms with Gasteiger partial charge in [-0.15, -0.1) is 0 Å². The molecule has 0 fully saturated rings. The fraction of sp³-hybridized carbons (Fsp3) is 0.682. The number of rotatable bonds is 3. The Balaban J connectivity index is 2.03. The molecule has 0 saturated heterocycles. The first-order valence-corrected chi connectivity index (χ1v) is 11.1. The van der Waals surface area contributed by atoms with Crippen molar-refractivity contribution >= 4 is 19.1 Å². The summed E-state index contributed by atoms with van der Waals surface area (Å²) in [6.07, 6.45) is 0. The first-order valence-electron chi connectivity index (χ1n) is 9.71. The lowest BCUT2D eigenvalue weighted by Gasteiger charge is -2.39. The van der Waals surface area contributed by atoms with E-state index in [9.17, 15) is 0 Å². The molecule has 0 amide bonds. The zero-order valence-electron chi connectivity index (χ0n) is 18.2. The lowest BCUT2D eigenvalue weighted by molar-refractivity contribution is 0.167. The van der Waals surface area contributed by atoms with Gasteiger partial charge in [-0.1, -0.05) is 47.6 Å². The molecule has 2 heterocycles. The first kappa shape index (κ1) is 20.5. The van der Waals surface area contributed by atoms with Gasteiger partial charge in [0.25, 0.3) is 0 Å². The normalized spacial score (nSPS) is 25.5. The SMILES string of the molecule is COc1cccc2c1[P@@](C(C)(C)C)C(C(C)(C)C1=N[C@@H](C(C)(C)C)CO1)O2. The molecule has 0 spiro atoms. The molecule has 3 rings (SSSR count). The molecule has 3 atom stereocenters. The Bertz CT molecular complexity index is 743. The lowest BCUT2D eigenvalue weighted by atomic mass is 9.88. The van der Waals surface area contributed by atoms with Crippen molar-refractivity contribution in [1.29, 1.82) is 0 Å². The van der Waals surface area contributed by atoms with Crippen LogP contribution in [0.25, 0.3) is 0 Å². The zero-order valence-corrected chi connectivity index (χ0v) is 19.1. The van der Waals surface area contributed by atoms with Crippen LogP contribution in [0.5, 0.6) is 11.5 Å². The van der Waals surface area contributed by atoms with E-state index in [-0.39, 0.29) is 27.9 Å². The van der Waals surface area contributed by atoms with Gasteiger partial charge in [0, 0.05) is 0 Å². The fourth-order valence-corrected chi connectivity index (χ4v) is 7.07. The highest BCUT2D eigenvalue weighted by molar-refractivity contribution is 7.68. The summed E-state index contributed by atoms with van der Waals surface area (Å²) in [6, 6.07) is 6.29. The third-order valence-electron chi connectivity index (χ3n) is 5.44. The number of hydrogen-bond donors (Lipinski definition) is 0. The van der Waals surface area contributed by atoms with Crippen molar-refractivity contribution in [2.75, 3.05) is 13.7 Å². The van der Waals surface area contributed by atoms with Crippen LogP contribution < -0.4 is 14.8 Å². The zero-order chi connectivity index (χ0) is 20.2. The minimum Gasteiger partial charge on any atom is -0.496 e. The van der Waals surface area contributed by atoms with E-state index in [1.54, 1.807) is 7.11 Å². The molecule has 0 aliphatic carbocycles. The highest BCUT2D eigenvalue weighted by Crippen LogP contribution is 2.64. The Morgan fingerprint density at radius 3 is 2.26 bits per heavy atom. The third kappa shape index (κ3) is 3.58. The second-order valence-electron chi connectivity index (χ2n) is 10.2. The predicted molar refractivity (Wildman–Crippen MR) is 114 cm³/mol. The number of ether oxygens (including phenoxy) is 3. The molecule has 0 N–H and O–H groups in total. The molecule has 0 saturated carbocycles. The van der Waals surface area contributed by atoms with Gasteiger partial charge in [-0.25, -0.2) is 4.99 Å². The highest BCUT2D eigenvalue weighted by Gasteiger charge is 2.53. The third-order valence-corrected chi connectivity index (χ3v) is 9.03. The summed E-state index contributed by atoms with van der Waals surface area (Å²) in [5.41, 5.74) is -0.224. The number of methoxy groups -OCH3 is 1. The average molecular weight is 391 g/mol. The van der Waals surface area contributed by atoms with Crippen molar-refractivity contribution < 1.29 is 14.2 Å². The molecular formula is C22H34NO3P. The Morgan fingerprint density at radius 1 is 1.07 bits per heavy atom. The largest absolute Gasteiger partial charge is 0.496 e. The van der Waals surface area contributed by atoms with Crippen LogP contribution in [-0.4, -0.2) is 36.7 Å². The van der Waals surface area contributed by atoms with E-state index >= 15 is 0 Å². The van der Waals surface area contributed by atoms with Crippen LogP contribution in [0.15, 0.2) is 23.2 Å². The van der Waals surface area contributed by atoms with Crippen LogP contribution in [0, 0.1) is 10.8 Å². The van der Waals surface area contributed by atoms with Crippen molar-refractivity contribution in [3.05, 3.63) is 18.2 Å². The number of benzene rings is 1. The quantitative estimate of drug-likeness (QED) is 0.666. The maximum absolute atomic E-state index is 6.57. The summed E-state index contributed by atoms with van der Waals surface area (Å²) >= 11 is 0. The Kier molecular flexibility index (Phi) is 5.04. The van der Waals surface area contributed by atoms with E-state index in [4.69, 9.17) is 19.2 Å². The van der Waals surface area contributed by atoms with Gasteiger partial charge in [0.2, 0.25) is 0 Å². The number of fused-ring (bicyclic) bond motifs is 1. The van der Waals surface area contributed by atoms with Crippen molar-refractivity contribution in [3.8, 4) is 11.5 Å². The topological polar surface area (TPSA) is 40.0 Å².